The summed E-state index contributed by atoms with van der Waals surface area (Å²) in [6.45, 7) is 0. The molecule has 0 aromatic heterocycles. The van der Waals surface area contributed by atoms with E-state index in [4.69, 9.17) is 0 Å². The van der Waals surface area contributed by atoms with Gasteiger partial charge in [0, 0.05) is 18.9 Å². The quantitative estimate of drug-likeness (QED) is 0.196. The Morgan fingerprint density at radius 2 is 1.61 bits per heavy atom. The second kappa shape index (κ2) is 12.7. The van der Waals surface area contributed by atoms with E-state index in [0.29, 0.717) is 11.6 Å². The van der Waals surface area contributed by atoms with Gasteiger partial charge in [-0.15, -0.1) is 0 Å². The van der Waals surface area contributed by atoms with E-state index < -0.39 is 78.2 Å². The van der Waals surface area contributed by atoms with Gasteiger partial charge in [0.05, 0.1) is 24.6 Å². The molecule has 0 unspecified atom stereocenters. The van der Waals surface area contributed by atoms with Crippen molar-refractivity contribution in [1.29, 1.82) is 0 Å². The van der Waals surface area contributed by atoms with Gasteiger partial charge in [0.2, 0.25) is 0 Å². The van der Waals surface area contributed by atoms with Crippen molar-refractivity contribution in [2.75, 3.05) is 7.11 Å². The van der Waals surface area contributed by atoms with Gasteiger partial charge in [0.25, 0.3) is 5.92 Å². The monoisotopic (exact) mass is 630 g/mol. The van der Waals surface area contributed by atoms with Crippen molar-refractivity contribution in [3.05, 3.63) is 101 Å². The van der Waals surface area contributed by atoms with Gasteiger partial charge < -0.3 is 20.1 Å². The maximum Gasteiger partial charge on any atom is 0.461 e. The molecule has 3 atom stereocenters. The summed E-state index contributed by atoms with van der Waals surface area (Å²) in [5.74, 6) is -8.62. The molecule has 1 aliphatic rings. The molecule has 0 aliphatic heterocycles. The summed E-state index contributed by atoms with van der Waals surface area (Å²) in [7, 11) is 1.03. The lowest BCUT2D eigenvalue weighted by Crippen LogP contribution is -2.56. The number of methoxy groups -OCH3 is 1. The summed E-state index contributed by atoms with van der Waals surface area (Å²) < 4.78 is 121. The number of ether oxygens (including phenoxy) is 2. The Morgan fingerprint density at radius 3 is 2.23 bits per heavy atom. The van der Waals surface area contributed by atoms with E-state index in [9.17, 15) is 44.7 Å². The van der Waals surface area contributed by atoms with Crippen molar-refractivity contribution in [1.82, 2.24) is 10.6 Å². The molecule has 14 heteroatoms. The zero-order valence-corrected chi connectivity index (χ0v) is 22.9. The van der Waals surface area contributed by atoms with Gasteiger partial charge >= 0.3 is 24.5 Å². The molecule has 0 bridgehead atoms. The van der Waals surface area contributed by atoms with E-state index >= 15 is 0 Å². The molecule has 44 heavy (non-hydrogen) atoms. The van der Waals surface area contributed by atoms with Gasteiger partial charge in [-0.05, 0) is 47.4 Å². The lowest BCUT2D eigenvalue weighted by molar-refractivity contribution is -0.253. The minimum absolute atomic E-state index is 0.0423. The fourth-order valence-electron chi connectivity index (χ4n) is 5.18. The Balaban J connectivity index is 1.83. The second-order valence-corrected chi connectivity index (χ2v) is 10.3. The molecule has 0 radical (unpaired) electrons. The van der Waals surface area contributed by atoms with Crippen LogP contribution in [0.25, 0.3) is 0 Å². The first kappa shape index (κ1) is 32.6. The third kappa shape index (κ3) is 7.22. The fraction of sp³-hybridized carbons (Fsp3) is 0.333. The molecule has 1 fully saturated rings. The predicted molar refractivity (Wildman–Crippen MR) is 140 cm³/mol. The zero-order valence-electron chi connectivity index (χ0n) is 22.9. The predicted octanol–water partition coefficient (Wildman–Crippen LogP) is 6.57. The summed E-state index contributed by atoms with van der Waals surface area (Å²) in [5, 5.41) is 4.64. The number of rotatable bonds is 10. The number of carbonyl (C=O) groups is 2. The summed E-state index contributed by atoms with van der Waals surface area (Å²) in [6, 6.07) is 11.3. The van der Waals surface area contributed by atoms with Crippen molar-refractivity contribution < 1.29 is 54.2 Å². The van der Waals surface area contributed by atoms with E-state index in [1.54, 1.807) is 30.3 Å². The van der Waals surface area contributed by atoms with Crippen LogP contribution in [0.5, 0.6) is 5.75 Å². The average Bonchev–Trinajstić information content (AvgIpc) is 3.25. The number of nitrogens with one attached hydrogen (secondary N) is 2. The molecule has 6 nitrogen and oxygen atoms in total. The summed E-state index contributed by atoms with van der Waals surface area (Å²) >= 11 is 0. The maximum atomic E-state index is 14.9. The van der Waals surface area contributed by atoms with Crippen molar-refractivity contribution in [3.8, 4) is 5.75 Å². The number of urea groups is 1. The van der Waals surface area contributed by atoms with Crippen LogP contribution >= 0.6 is 0 Å². The van der Waals surface area contributed by atoms with Crippen LogP contribution in [0.15, 0.2) is 72.8 Å². The molecule has 2 N–H and O–H groups in total. The molecule has 3 aromatic rings. The van der Waals surface area contributed by atoms with Gasteiger partial charge in [0.1, 0.15) is 17.4 Å². The van der Waals surface area contributed by atoms with Crippen LogP contribution in [0.1, 0.15) is 29.5 Å². The first-order valence-electron chi connectivity index (χ1n) is 13.2. The van der Waals surface area contributed by atoms with Crippen LogP contribution in [0.4, 0.5) is 39.9 Å². The van der Waals surface area contributed by atoms with Crippen LogP contribution in [0.2, 0.25) is 0 Å². The van der Waals surface area contributed by atoms with Crippen LogP contribution < -0.4 is 15.4 Å². The molecule has 0 saturated heterocycles. The second-order valence-electron chi connectivity index (χ2n) is 10.3. The van der Waals surface area contributed by atoms with Gasteiger partial charge in [-0.1, -0.05) is 42.5 Å². The van der Waals surface area contributed by atoms with Crippen LogP contribution in [-0.2, 0) is 21.5 Å². The zero-order chi connectivity index (χ0) is 32.3. The number of halogens is 8. The third-order valence-corrected chi connectivity index (χ3v) is 7.24. The molecule has 3 aromatic carbocycles. The number of esters is 1. The van der Waals surface area contributed by atoms with E-state index in [2.05, 4.69) is 20.1 Å². The average molecular weight is 631 g/mol. The van der Waals surface area contributed by atoms with E-state index in [1.165, 1.54) is 12.1 Å². The van der Waals surface area contributed by atoms with Crippen LogP contribution in [0.3, 0.4) is 0 Å². The Bertz CT molecular complexity index is 1470. The minimum atomic E-state index is -5.02. The van der Waals surface area contributed by atoms with Gasteiger partial charge in [0.15, 0.2) is 0 Å². The van der Waals surface area contributed by atoms with Crippen molar-refractivity contribution in [3.63, 3.8) is 0 Å². The molecule has 4 rings (SSSR count). The van der Waals surface area contributed by atoms with Gasteiger partial charge in [-0.2, -0.15) is 17.6 Å². The molecular formula is C30H26F8N2O4. The highest BCUT2D eigenvalue weighted by Gasteiger charge is 2.52. The number of benzene rings is 3. The first-order chi connectivity index (χ1) is 20.6. The van der Waals surface area contributed by atoms with Crippen molar-refractivity contribution in [2.45, 2.75) is 49.3 Å². The van der Waals surface area contributed by atoms with Crippen LogP contribution in [-0.4, -0.2) is 43.6 Å². The molecule has 2 amide bonds. The Labute approximate surface area is 246 Å². The SMILES string of the molecule is COC(=O)[C@H]1C[C@@H](NC(=O)N[C@](Cc2ccccc2)(c2ccc(F)cc2)c2cc(F)cc(OC(F)(F)C(F)F)c2)C(F)(F)C1. The van der Waals surface area contributed by atoms with E-state index in [0.717, 1.165) is 31.4 Å². The highest BCUT2D eigenvalue weighted by atomic mass is 19.3. The fourth-order valence-corrected chi connectivity index (χ4v) is 5.18. The molecule has 236 valence electrons. The normalized spacial score (nSPS) is 19.2. The lowest BCUT2D eigenvalue weighted by Gasteiger charge is -2.37. The third-order valence-electron chi connectivity index (χ3n) is 7.24. The minimum Gasteiger partial charge on any atom is -0.469 e. The molecular weight excluding hydrogens is 604 g/mol. The summed E-state index contributed by atoms with van der Waals surface area (Å²) in [6.07, 6.45) is -11.0. The first-order valence-corrected chi connectivity index (χ1v) is 13.2. The van der Waals surface area contributed by atoms with E-state index in [-0.39, 0.29) is 17.5 Å². The number of alkyl halides is 6. The van der Waals surface area contributed by atoms with Crippen molar-refractivity contribution >= 4 is 12.0 Å². The highest BCUT2D eigenvalue weighted by molar-refractivity contribution is 5.78. The van der Waals surface area contributed by atoms with Gasteiger partial charge in [-0.3, -0.25) is 4.79 Å². The molecule has 0 spiro atoms. The lowest BCUT2D eigenvalue weighted by atomic mass is 9.77. The molecule has 0 heterocycles. The number of amides is 2. The van der Waals surface area contributed by atoms with Gasteiger partial charge in [-0.25, -0.2) is 22.4 Å². The smallest absolute Gasteiger partial charge is 0.461 e. The number of hydrogen-bond donors (Lipinski definition) is 2. The van der Waals surface area contributed by atoms with E-state index in [1.807, 2.05) is 0 Å². The van der Waals surface area contributed by atoms with Crippen molar-refractivity contribution in [2.24, 2.45) is 5.92 Å². The molecule has 1 saturated carbocycles. The summed E-state index contributed by atoms with van der Waals surface area (Å²) in [5.41, 5.74) is -1.83. The van der Waals surface area contributed by atoms with Crippen LogP contribution in [0, 0.1) is 17.6 Å². The number of carbonyl (C=O) groups excluding carboxylic acids is 2. The number of hydrogen-bond acceptors (Lipinski definition) is 4. The Kier molecular flexibility index (Phi) is 9.40. The topological polar surface area (TPSA) is 76.7 Å². The molecule has 1 aliphatic carbocycles. The highest BCUT2D eigenvalue weighted by Crippen LogP contribution is 2.41. The standard InChI is InChI=1S/C30H26F8N2O4/c1-43-25(41)18-11-24(29(35,36)16-18)39-27(42)40-28(15-17-5-3-2-4-6-17,19-7-9-21(31)10-8-19)20-12-22(32)14-23(13-20)44-30(37,38)26(33)34/h2-10,12-14,18,24,26H,11,15-16H2,1H3,(H2,39,40,42)/t18-,24+,28+/m0/s1. The Morgan fingerprint density at radius 1 is 0.955 bits per heavy atom. The summed E-state index contributed by atoms with van der Waals surface area (Å²) in [4.78, 5) is 25.4. The Hall–Kier alpha value is -4.36. The maximum absolute atomic E-state index is 14.9. The largest absolute Gasteiger partial charge is 0.469 e.